The van der Waals surface area contributed by atoms with Gasteiger partial charge in [0.05, 0.1) is 13.7 Å². The Hall–Kier alpha value is -2.80. The van der Waals surface area contributed by atoms with Gasteiger partial charge < -0.3 is 10.1 Å². The van der Waals surface area contributed by atoms with Gasteiger partial charge in [-0.3, -0.25) is 4.79 Å². The predicted molar refractivity (Wildman–Crippen MR) is 78.6 cm³/mol. The van der Waals surface area contributed by atoms with E-state index in [2.05, 4.69) is 17.2 Å². The van der Waals surface area contributed by atoms with E-state index in [4.69, 9.17) is 4.74 Å². The SMILES string of the molecule is COc1cccc(C(=O)NCC#Cc2ccc(F)cc2)c1. The Kier molecular flexibility index (Phi) is 4.94. The van der Waals surface area contributed by atoms with Crippen LogP contribution in [0.1, 0.15) is 15.9 Å². The lowest BCUT2D eigenvalue weighted by molar-refractivity contribution is 0.0958. The van der Waals surface area contributed by atoms with Crippen LogP contribution in [0.2, 0.25) is 0 Å². The fraction of sp³-hybridized carbons (Fsp3) is 0.118. The standard InChI is InChI=1S/C17H14FNO2/c1-21-16-6-2-5-14(12-16)17(20)19-11-3-4-13-7-9-15(18)10-8-13/h2,5-10,12H,11H2,1H3,(H,19,20). The van der Waals surface area contributed by atoms with Crippen molar-refractivity contribution >= 4 is 5.91 Å². The normalized spacial score (nSPS) is 9.43. The van der Waals surface area contributed by atoms with Crippen LogP contribution in [0.3, 0.4) is 0 Å². The van der Waals surface area contributed by atoms with Crippen LogP contribution in [0, 0.1) is 17.7 Å². The first-order valence-electron chi connectivity index (χ1n) is 6.36. The molecular formula is C17H14FNO2. The fourth-order valence-corrected chi connectivity index (χ4v) is 1.67. The van der Waals surface area contributed by atoms with E-state index in [0.29, 0.717) is 16.9 Å². The fourth-order valence-electron chi connectivity index (χ4n) is 1.67. The third-order valence-corrected chi connectivity index (χ3v) is 2.75. The third kappa shape index (κ3) is 4.36. The van der Waals surface area contributed by atoms with Crippen molar-refractivity contribution in [1.82, 2.24) is 5.32 Å². The average molecular weight is 283 g/mol. The first kappa shape index (κ1) is 14.6. The van der Waals surface area contributed by atoms with E-state index in [9.17, 15) is 9.18 Å². The smallest absolute Gasteiger partial charge is 0.252 e. The Labute approximate surface area is 122 Å². The van der Waals surface area contributed by atoms with Crippen molar-refractivity contribution in [2.45, 2.75) is 0 Å². The number of carbonyl (C=O) groups excluding carboxylic acids is 1. The minimum atomic E-state index is -0.299. The van der Waals surface area contributed by atoms with Crippen LogP contribution in [-0.2, 0) is 0 Å². The molecule has 0 radical (unpaired) electrons. The Morgan fingerprint density at radius 3 is 2.71 bits per heavy atom. The van der Waals surface area contributed by atoms with Crippen LogP contribution < -0.4 is 10.1 Å². The number of amides is 1. The maximum Gasteiger partial charge on any atom is 0.252 e. The Morgan fingerprint density at radius 2 is 2.00 bits per heavy atom. The molecule has 0 atom stereocenters. The molecule has 0 unspecified atom stereocenters. The summed E-state index contributed by atoms with van der Waals surface area (Å²) in [6, 6.07) is 12.7. The molecule has 21 heavy (non-hydrogen) atoms. The van der Waals surface area contributed by atoms with Gasteiger partial charge in [-0.25, -0.2) is 4.39 Å². The van der Waals surface area contributed by atoms with Gasteiger partial charge in [0.1, 0.15) is 11.6 Å². The minimum Gasteiger partial charge on any atom is -0.497 e. The Bertz CT molecular complexity index is 684. The molecule has 4 heteroatoms. The van der Waals surface area contributed by atoms with Crippen LogP contribution in [0.15, 0.2) is 48.5 Å². The summed E-state index contributed by atoms with van der Waals surface area (Å²) in [6.45, 7) is 0.216. The number of hydrogen-bond acceptors (Lipinski definition) is 2. The van der Waals surface area contributed by atoms with Crippen molar-refractivity contribution in [3.63, 3.8) is 0 Å². The summed E-state index contributed by atoms with van der Waals surface area (Å²) in [7, 11) is 1.55. The van der Waals surface area contributed by atoms with Crippen molar-refractivity contribution in [3.8, 4) is 17.6 Å². The van der Waals surface area contributed by atoms with Gasteiger partial charge >= 0.3 is 0 Å². The maximum atomic E-state index is 12.7. The molecule has 0 aliphatic heterocycles. The zero-order valence-corrected chi connectivity index (χ0v) is 11.5. The zero-order chi connectivity index (χ0) is 15.1. The molecule has 0 aromatic heterocycles. The molecule has 0 aliphatic carbocycles. The molecule has 1 N–H and O–H groups in total. The minimum absolute atomic E-state index is 0.216. The van der Waals surface area contributed by atoms with Gasteiger partial charge in [0.2, 0.25) is 0 Å². The molecule has 2 rings (SSSR count). The van der Waals surface area contributed by atoms with Crippen molar-refractivity contribution in [1.29, 1.82) is 0 Å². The van der Waals surface area contributed by atoms with Crippen molar-refractivity contribution < 1.29 is 13.9 Å². The number of ether oxygens (including phenoxy) is 1. The molecule has 0 fully saturated rings. The molecule has 0 saturated heterocycles. The van der Waals surface area contributed by atoms with Gasteiger partial charge in [0, 0.05) is 11.1 Å². The van der Waals surface area contributed by atoms with Crippen LogP contribution >= 0.6 is 0 Å². The largest absolute Gasteiger partial charge is 0.497 e. The highest BCUT2D eigenvalue weighted by Gasteiger charge is 2.04. The number of carbonyl (C=O) groups is 1. The molecular weight excluding hydrogens is 269 g/mol. The van der Waals surface area contributed by atoms with Gasteiger partial charge in [-0.15, -0.1) is 0 Å². The van der Waals surface area contributed by atoms with Gasteiger partial charge in [-0.1, -0.05) is 17.9 Å². The number of halogens is 1. The Morgan fingerprint density at radius 1 is 1.24 bits per heavy atom. The van der Waals surface area contributed by atoms with E-state index in [1.165, 1.54) is 12.1 Å². The van der Waals surface area contributed by atoms with Crippen LogP contribution in [-0.4, -0.2) is 19.6 Å². The quantitative estimate of drug-likeness (QED) is 0.879. The van der Waals surface area contributed by atoms with E-state index in [-0.39, 0.29) is 18.3 Å². The lowest BCUT2D eigenvalue weighted by atomic mass is 10.2. The molecule has 0 aliphatic rings. The van der Waals surface area contributed by atoms with Gasteiger partial charge in [-0.05, 0) is 42.5 Å². The highest BCUT2D eigenvalue weighted by atomic mass is 19.1. The number of benzene rings is 2. The molecule has 0 heterocycles. The number of methoxy groups -OCH3 is 1. The number of rotatable bonds is 3. The number of nitrogens with one attached hydrogen (secondary N) is 1. The summed E-state index contributed by atoms with van der Waals surface area (Å²) in [5, 5.41) is 2.69. The topological polar surface area (TPSA) is 38.3 Å². The Balaban J connectivity index is 1.91. The summed E-state index contributed by atoms with van der Waals surface area (Å²) in [5.41, 5.74) is 1.21. The first-order chi connectivity index (χ1) is 10.2. The third-order valence-electron chi connectivity index (χ3n) is 2.75. The highest BCUT2D eigenvalue weighted by Crippen LogP contribution is 2.12. The summed E-state index contributed by atoms with van der Waals surface area (Å²) in [6.07, 6.45) is 0. The zero-order valence-electron chi connectivity index (χ0n) is 11.5. The molecule has 3 nitrogen and oxygen atoms in total. The van der Waals surface area contributed by atoms with Crippen LogP contribution in [0.5, 0.6) is 5.75 Å². The lowest BCUT2D eigenvalue weighted by Crippen LogP contribution is -2.23. The molecule has 2 aromatic carbocycles. The first-order valence-corrected chi connectivity index (χ1v) is 6.36. The summed E-state index contributed by atoms with van der Waals surface area (Å²) in [5.74, 6) is 5.77. The molecule has 1 amide bonds. The summed E-state index contributed by atoms with van der Waals surface area (Å²) in [4.78, 5) is 11.9. The molecule has 2 aromatic rings. The number of hydrogen-bond donors (Lipinski definition) is 1. The average Bonchev–Trinajstić information content (AvgIpc) is 2.53. The van der Waals surface area contributed by atoms with E-state index >= 15 is 0 Å². The van der Waals surface area contributed by atoms with Gasteiger partial charge in [0.15, 0.2) is 0 Å². The van der Waals surface area contributed by atoms with Crippen LogP contribution in [0.4, 0.5) is 4.39 Å². The van der Waals surface area contributed by atoms with Crippen molar-refractivity contribution in [2.75, 3.05) is 13.7 Å². The molecule has 0 saturated carbocycles. The molecule has 0 spiro atoms. The maximum absolute atomic E-state index is 12.7. The monoisotopic (exact) mass is 283 g/mol. The van der Waals surface area contributed by atoms with Crippen LogP contribution in [0.25, 0.3) is 0 Å². The molecule has 0 bridgehead atoms. The second-order valence-corrected chi connectivity index (χ2v) is 4.22. The van der Waals surface area contributed by atoms with E-state index in [0.717, 1.165) is 0 Å². The summed E-state index contributed by atoms with van der Waals surface area (Å²) < 4.78 is 17.8. The van der Waals surface area contributed by atoms with Gasteiger partial charge in [-0.2, -0.15) is 0 Å². The van der Waals surface area contributed by atoms with E-state index in [1.807, 2.05) is 0 Å². The molecule has 106 valence electrons. The van der Waals surface area contributed by atoms with Crippen molar-refractivity contribution in [3.05, 3.63) is 65.5 Å². The predicted octanol–water partition coefficient (Wildman–Crippen LogP) is 2.62. The summed E-state index contributed by atoms with van der Waals surface area (Å²) >= 11 is 0. The second-order valence-electron chi connectivity index (χ2n) is 4.22. The van der Waals surface area contributed by atoms with E-state index in [1.54, 1.807) is 43.5 Å². The second kappa shape index (κ2) is 7.11. The highest BCUT2D eigenvalue weighted by molar-refractivity contribution is 5.94. The van der Waals surface area contributed by atoms with Gasteiger partial charge in [0.25, 0.3) is 5.91 Å². The lowest BCUT2D eigenvalue weighted by Gasteiger charge is -2.03. The van der Waals surface area contributed by atoms with E-state index < -0.39 is 0 Å². The van der Waals surface area contributed by atoms with Crippen molar-refractivity contribution in [2.24, 2.45) is 0 Å².